The van der Waals surface area contributed by atoms with Crippen LogP contribution in [0.15, 0.2) is 30.3 Å². The van der Waals surface area contributed by atoms with Crippen molar-refractivity contribution in [3.63, 3.8) is 0 Å². The molecule has 0 bridgehead atoms. The Hall–Kier alpha value is -2.74. The van der Waals surface area contributed by atoms with Gasteiger partial charge in [0, 0.05) is 5.56 Å². The van der Waals surface area contributed by atoms with Crippen molar-refractivity contribution < 1.29 is 8.78 Å². The zero-order valence-corrected chi connectivity index (χ0v) is 11.3. The topological polar surface area (TPSA) is 30.7 Å². The Kier molecular flexibility index (Phi) is 3.15. The van der Waals surface area contributed by atoms with Crippen molar-refractivity contribution in [1.29, 1.82) is 0 Å². The van der Waals surface area contributed by atoms with Crippen molar-refractivity contribution >= 4 is 11.0 Å². The molecule has 3 aromatic rings. The van der Waals surface area contributed by atoms with E-state index in [1.54, 1.807) is 25.1 Å². The van der Waals surface area contributed by atoms with Crippen molar-refractivity contribution in [2.75, 3.05) is 0 Å². The summed E-state index contributed by atoms with van der Waals surface area (Å²) in [6.45, 7) is 1.74. The molecule has 0 unspecified atom stereocenters. The van der Waals surface area contributed by atoms with E-state index in [1.165, 1.54) is 16.8 Å². The fourth-order valence-electron chi connectivity index (χ4n) is 2.17. The number of halogens is 2. The first-order valence-electron chi connectivity index (χ1n) is 6.34. The summed E-state index contributed by atoms with van der Waals surface area (Å²) in [5, 5.41) is 4.67. The molecule has 3 rings (SSSR count). The van der Waals surface area contributed by atoms with E-state index < -0.39 is 5.82 Å². The van der Waals surface area contributed by atoms with Crippen LogP contribution in [0.2, 0.25) is 0 Å². The predicted octanol–water partition coefficient (Wildman–Crippen LogP) is 3.05. The van der Waals surface area contributed by atoms with Gasteiger partial charge in [-0.3, -0.25) is 0 Å². The molecule has 21 heavy (non-hydrogen) atoms. The molecule has 3 nitrogen and oxygen atoms in total. The number of aryl methyl sites for hydroxylation is 1. The molecule has 0 saturated heterocycles. The number of nitrogens with zero attached hydrogens (tertiary/aromatic N) is 3. The zero-order valence-electron chi connectivity index (χ0n) is 11.3. The average Bonchev–Trinajstić information content (AvgIpc) is 2.79. The standard InChI is InChI=1S/C16H11F2N3/c1-3-15-12-8-14(18)10(2)19-16(12)21(20-15)9-11-6-4-5-7-13(11)17/h1,4-8H,9H2,2H3. The molecule has 0 saturated carbocycles. The highest BCUT2D eigenvalue weighted by Gasteiger charge is 2.14. The molecular weight excluding hydrogens is 272 g/mol. The SMILES string of the molecule is C#Cc1nn(Cc2ccccc2F)c2nc(C)c(F)cc12. The van der Waals surface area contributed by atoms with E-state index in [2.05, 4.69) is 16.0 Å². The molecule has 0 atom stereocenters. The van der Waals surface area contributed by atoms with Gasteiger partial charge in [-0.1, -0.05) is 18.2 Å². The molecule has 0 radical (unpaired) electrons. The van der Waals surface area contributed by atoms with Crippen LogP contribution in [0.25, 0.3) is 11.0 Å². The summed E-state index contributed by atoms with van der Waals surface area (Å²) in [4.78, 5) is 4.18. The van der Waals surface area contributed by atoms with Gasteiger partial charge in [0.05, 0.1) is 17.6 Å². The third-order valence-electron chi connectivity index (χ3n) is 3.27. The van der Waals surface area contributed by atoms with Gasteiger partial charge in [0.1, 0.15) is 17.3 Å². The largest absolute Gasteiger partial charge is 0.241 e. The Morgan fingerprint density at radius 1 is 1.24 bits per heavy atom. The van der Waals surface area contributed by atoms with Crippen LogP contribution in [0.4, 0.5) is 8.78 Å². The maximum absolute atomic E-state index is 13.7. The van der Waals surface area contributed by atoms with E-state index in [-0.39, 0.29) is 18.1 Å². The minimum absolute atomic E-state index is 0.183. The lowest BCUT2D eigenvalue weighted by Gasteiger charge is -2.05. The van der Waals surface area contributed by atoms with E-state index in [0.29, 0.717) is 22.3 Å². The van der Waals surface area contributed by atoms with Gasteiger partial charge in [-0.05, 0) is 25.0 Å². The summed E-state index contributed by atoms with van der Waals surface area (Å²) in [5.41, 5.74) is 1.47. The quantitative estimate of drug-likeness (QED) is 0.677. The summed E-state index contributed by atoms with van der Waals surface area (Å²) in [6, 6.07) is 7.71. The molecule has 2 heterocycles. The maximum Gasteiger partial charge on any atom is 0.159 e. The molecule has 2 aromatic heterocycles. The Morgan fingerprint density at radius 3 is 2.71 bits per heavy atom. The van der Waals surface area contributed by atoms with Gasteiger partial charge in [0.2, 0.25) is 0 Å². The summed E-state index contributed by atoms with van der Waals surface area (Å²) in [7, 11) is 0. The van der Waals surface area contributed by atoms with Gasteiger partial charge < -0.3 is 0 Å². The minimum atomic E-state index is -0.440. The summed E-state index contributed by atoms with van der Waals surface area (Å²) < 4.78 is 28.9. The third kappa shape index (κ3) is 2.25. The molecule has 0 fully saturated rings. The van der Waals surface area contributed by atoms with Gasteiger partial charge >= 0.3 is 0 Å². The van der Waals surface area contributed by atoms with Crippen molar-refractivity contribution in [1.82, 2.24) is 14.8 Å². The van der Waals surface area contributed by atoms with Gasteiger partial charge in [-0.25, -0.2) is 18.4 Å². The Morgan fingerprint density at radius 2 is 2.00 bits per heavy atom. The molecular formula is C16H11F2N3. The van der Waals surface area contributed by atoms with Crippen LogP contribution in [0.5, 0.6) is 0 Å². The van der Waals surface area contributed by atoms with Crippen LogP contribution < -0.4 is 0 Å². The second kappa shape index (κ2) is 4.98. The molecule has 1 aromatic carbocycles. The minimum Gasteiger partial charge on any atom is -0.241 e. The Labute approximate surface area is 120 Å². The number of benzene rings is 1. The molecule has 0 aliphatic carbocycles. The molecule has 104 valence electrons. The van der Waals surface area contributed by atoms with Crippen LogP contribution in [0.1, 0.15) is 17.0 Å². The number of rotatable bonds is 2. The predicted molar refractivity (Wildman–Crippen MR) is 75.7 cm³/mol. The van der Waals surface area contributed by atoms with E-state index in [0.717, 1.165) is 0 Å². The smallest absolute Gasteiger partial charge is 0.159 e. The first-order chi connectivity index (χ1) is 10.1. The third-order valence-corrected chi connectivity index (χ3v) is 3.27. The number of pyridine rings is 1. The normalized spacial score (nSPS) is 10.8. The van der Waals surface area contributed by atoms with Gasteiger partial charge in [0.15, 0.2) is 5.65 Å². The second-order valence-corrected chi connectivity index (χ2v) is 4.67. The monoisotopic (exact) mass is 283 g/mol. The number of fused-ring (bicyclic) bond motifs is 1. The van der Waals surface area contributed by atoms with Crippen molar-refractivity contribution in [2.45, 2.75) is 13.5 Å². The highest BCUT2D eigenvalue weighted by atomic mass is 19.1. The molecule has 0 aliphatic heterocycles. The summed E-state index contributed by atoms with van der Waals surface area (Å²) >= 11 is 0. The fourth-order valence-corrected chi connectivity index (χ4v) is 2.17. The number of terminal acetylenes is 1. The molecule has 5 heteroatoms. The lowest BCUT2D eigenvalue weighted by atomic mass is 10.2. The lowest BCUT2D eigenvalue weighted by Crippen LogP contribution is -2.05. The number of hydrogen-bond acceptors (Lipinski definition) is 2. The molecule has 0 N–H and O–H groups in total. The van der Waals surface area contributed by atoms with Crippen LogP contribution in [-0.4, -0.2) is 14.8 Å². The van der Waals surface area contributed by atoms with Gasteiger partial charge in [-0.15, -0.1) is 6.42 Å². The zero-order chi connectivity index (χ0) is 15.0. The van der Waals surface area contributed by atoms with E-state index >= 15 is 0 Å². The van der Waals surface area contributed by atoms with Crippen LogP contribution in [0, 0.1) is 30.9 Å². The van der Waals surface area contributed by atoms with Crippen LogP contribution >= 0.6 is 0 Å². The highest BCUT2D eigenvalue weighted by molar-refractivity contribution is 5.81. The maximum atomic E-state index is 13.7. The molecule has 0 aliphatic rings. The molecule has 0 amide bonds. The number of hydrogen-bond donors (Lipinski definition) is 0. The summed E-state index contributed by atoms with van der Waals surface area (Å²) in [5.74, 6) is 1.63. The second-order valence-electron chi connectivity index (χ2n) is 4.67. The van der Waals surface area contributed by atoms with Gasteiger partial charge in [0.25, 0.3) is 0 Å². The average molecular weight is 283 g/mol. The van der Waals surface area contributed by atoms with Crippen LogP contribution in [-0.2, 0) is 6.54 Å². The van der Waals surface area contributed by atoms with Gasteiger partial charge in [-0.2, -0.15) is 5.10 Å². The van der Waals surface area contributed by atoms with Crippen LogP contribution in [0.3, 0.4) is 0 Å². The van der Waals surface area contributed by atoms with Crippen molar-refractivity contribution in [2.24, 2.45) is 0 Å². The van der Waals surface area contributed by atoms with E-state index in [4.69, 9.17) is 6.42 Å². The highest BCUT2D eigenvalue weighted by Crippen LogP contribution is 2.20. The first-order valence-corrected chi connectivity index (χ1v) is 6.34. The van der Waals surface area contributed by atoms with Crippen molar-refractivity contribution in [3.05, 3.63) is 58.9 Å². The van der Waals surface area contributed by atoms with E-state index in [1.807, 2.05) is 0 Å². The Bertz CT molecular complexity index is 875. The summed E-state index contributed by atoms with van der Waals surface area (Å²) in [6.07, 6.45) is 5.39. The van der Waals surface area contributed by atoms with E-state index in [9.17, 15) is 8.78 Å². The number of aromatic nitrogens is 3. The fraction of sp³-hybridized carbons (Fsp3) is 0.125. The Balaban J connectivity index is 2.17. The molecule has 0 spiro atoms. The lowest BCUT2D eigenvalue weighted by molar-refractivity contribution is 0.587. The first kappa shape index (κ1) is 13.3. The van der Waals surface area contributed by atoms with Crippen molar-refractivity contribution in [3.8, 4) is 12.3 Å².